The van der Waals surface area contributed by atoms with Gasteiger partial charge < -0.3 is 10.6 Å². The van der Waals surface area contributed by atoms with Gasteiger partial charge in [-0.05, 0) is 24.6 Å². The number of anilines is 1. The topological polar surface area (TPSA) is 64.7 Å². The van der Waals surface area contributed by atoms with Crippen molar-refractivity contribution in [2.45, 2.75) is 19.5 Å². The lowest BCUT2D eigenvalue weighted by Crippen LogP contribution is -2.54. The third-order valence-electron chi connectivity index (χ3n) is 5.16. The number of para-hydroxylation sites is 1. The third-order valence-corrected chi connectivity index (χ3v) is 5.49. The van der Waals surface area contributed by atoms with E-state index < -0.39 is 0 Å². The number of nitrogens with zero attached hydrogens (tertiary/aromatic N) is 2. The first-order chi connectivity index (χ1) is 14.0. The van der Waals surface area contributed by atoms with Gasteiger partial charge in [-0.25, -0.2) is 0 Å². The first-order valence-electron chi connectivity index (χ1n) is 9.85. The van der Waals surface area contributed by atoms with Gasteiger partial charge in [-0.1, -0.05) is 54.1 Å². The molecule has 0 aromatic heterocycles. The largest absolute Gasteiger partial charge is 0.351 e. The summed E-state index contributed by atoms with van der Waals surface area (Å²) in [6, 6.07) is 16.9. The standard InChI is InChI=1S/C22H27ClN4O2/c1-17(22(29)24-15-18-7-3-2-4-8-18)27-13-11-26(12-14-27)16-21(28)25-20-10-6-5-9-19(20)23/h2-10,17H,11-16H2,1H3,(H,24,29)(H,25,28)/t17-/m0/s1. The van der Waals surface area contributed by atoms with Gasteiger partial charge in [0.05, 0.1) is 23.3 Å². The lowest BCUT2D eigenvalue weighted by atomic mass is 10.2. The highest BCUT2D eigenvalue weighted by Crippen LogP contribution is 2.20. The van der Waals surface area contributed by atoms with Crippen LogP contribution in [0.4, 0.5) is 5.69 Å². The first kappa shape index (κ1) is 21.3. The van der Waals surface area contributed by atoms with E-state index in [4.69, 9.17) is 11.6 Å². The van der Waals surface area contributed by atoms with Crippen LogP contribution >= 0.6 is 11.6 Å². The van der Waals surface area contributed by atoms with Crippen LogP contribution in [0.25, 0.3) is 0 Å². The second kappa shape index (κ2) is 10.4. The number of carbonyl (C=O) groups is 2. The van der Waals surface area contributed by atoms with Gasteiger partial charge in [-0.2, -0.15) is 0 Å². The van der Waals surface area contributed by atoms with Crippen LogP contribution in [0.15, 0.2) is 54.6 Å². The molecule has 3 rings (SSSR count). The lowest BCUT2D eigenvalue weighted by molar-refractivity contribution is -0.127. The Bertz CT molecular complexity index is 823. The number of carbonyl (C=O) groups excluding carboxylic acids is 2. The van der Waals surface area contributed by atoms with Crippen LogP contribution in [0.1, 0.15) is 12.5 Å². The lowest BCUT2D eigenvalue weighted by Gasteiger charge is -2.37. The molecule has 7 heteroatoms. The Hall–Kier alpha value is -2.41. The highest BCUT2D eigenvalue weighted by Gasteiger charge is 2.26. The molecule has 1 aliphatic rings. The molecule has 0 saturated carbocycles. The number of benzene rings is 2. The number of hydrogen-bond acceptors (Lipinski definition) is 4. The molecule has 2 amide bonds. The van der Waals surface area contributed by atoms with Gasteiger partial charge in [0.25, 0.3) is 0 Å². The van der Waals surface area contributed by atoms with Crippen LogP contribution in [-0.4, -0.2) is 60.4 Å². The Kier molecular flexibility index (Phi) is 7.63. The minimum absolute atomic E-state index is 0.0266. The molecule has 1 atom stereocenters. The number of hydrogen-bond donors (Lipinski definition) is 2. The molecule has 2 aromatic carbocycles. The van der Waals surface area contributed by atoms with E-state index in [2.05, 4.69) is 20.4 Å². The van der Waals surface area contributed by atoms with Crippen molar-refractivity contribution in [1.82, 2.24) is 15.1 Å². The van der Waals surface area contributed by atoms with Gasteiger partial charge >= 0.3 is 0 Å². The summed E-state index contributed by atoms with van der Waals surface area (Å²) in [6.45, 7) is 5.76. The number of rotatable bonds is 7. The summed E-state index contributed by atoms with van der Waals surface area (Å²) in [5.41, 5.74) is 1.71. The molecule has 29 heavy (non-hydrogen) atoms. The fourth-order valence-electron chi connectivity index (χ4n) is 3.36. The average Bonchev–Trinajstić information content (AvgIpc) is 2.74. The summed E-state index contributed by atoms with van der Waals surface area (Å²) in [5.74, 6) is -0.0565. The van der Waals surface area contributed by atoms with Crippen molar-refractivity contribution in [3.05, 3.63) is 65.2 Å². The van der Waals surface area contributed by atoms with Gasteiger partial charge in [0.15, 0.2) is 0 Å². The van der Waals surface area contributed by atoms with E-state index in [9.17, 15) is 9.59 Å². The molecule has 1 saturated heterocycles. The van der Waals surface area contributed by atoms with E-state index >= 15 is 0 Å². The van der Waals surface area contributed by atoms with Crippen LogP contribution in [0.5, 0.6) is 0 Å². The van der Waals surface area contributed by atoms with E-state index in [0.29, 0.717) is 23.8 Å². The molecule has 6 nitrogen and oxygen atoms in total. The Morgan fingerprint density at radius 1 is 1.00 bits per heavy atom. The first-order valence-corrected chi connectivity index (χ1v) is 10.2. The van der Waals surface area contributed by atoms with Crippen molar-refractivity contribution < 1.29 is 9.59 Å². The summed E-state index contributed by atoms with van der Waals surface area (Å²) in [5, 5.41) is 6.38. The predicted octanol–water partition coefficient (Wildman–Crippen LogP) is 2.60. The molecule has 0 bridgehead atoms. The Labute approximate surface area is 176 Å². The van der Waals surface area contributed by atoms with Crippen molar-refractivity contribution in [1.29, 1.82) is 0 Å². The molecule has 1 fully saturated rings. The maximum Gasteiger partial charge on any atom is 0.238 e. The smallest absolute Gasteiger partial charge is 0.238 e. The van der Waals surface area contributed by atoms with Crippen LogP contribution in [-0.2, 0) is 16.1 Å². The molecular weight excluding hydrogens is 388 g/mol. The van der Waals surface area contributed by atoms with Crippen LogP contribution in [0.2, 0.25) is 5.02 Å². The van der Waals surface area contributed by atoms with Crippen molar-refractivity contribution >= 4 is 29.1 Å². The maximum atomic E-state index is 12.5. The normalized spacial score (nSPS) is 16.2. The predicted molar refractivity (Wildman–Crippen MR) is 116 cm³/mol. The summed E-state index contributed by atoms with van der Waals surface area (Å²) in [4.78, 5) is 29.0. The van der Waals surface area contributed by atoms with Gasteiger partial charge in [0, 0.05) is 32.7 Å². The maximum absolute atomic E-state index is 12.5. The molecule has 0 radical (unpaired) electrons. The highest BCUT2D eigenvalue weighted by atomic mass is 35.5. The Morgan fingerprint density at radius 2 is 1.66 bits per heavy atom. The van der Waals surface area contributed by atoms with E-state index in [1.807, 2.05) is 49.4 Å². The van der Waals surface area contributed by atoms with Crippen molar-refractivity contribution in [3.63, 3.8) is 0 Å². The second-order valence-corrected chi connectivity index (χ2v) is 7.63. The van der Waals surface area contributed by atoms with E-state index in [-0.39, 0.29) is 17.9 Å². The minimum Gasteiger partial charge on any atom is -0.351 e. The van der Waals surface area contributed by atoms with Crippen LogP contribution in [0, 0.1) is 0 Å². The number of halogens is 1. The molecule has 2 aromatic rings. The van der Waals surface area contributed by atoms with Crippen LogP contribution in [0.3, 0.4) is 0 Å². The van der Waals surface area contributed by atoms with Crippen molar-refractivity contribution in [2.24, 2.45) is 0 Å². The van der Waals surface area contributed by atoms with E-state index in [1.54, 1.807) is 12.1 Å². The zero-order chi connectivity index (χ0) is 20.6. The fraction of sp³-hybridized carbons (Fsp3) is 0.364. The van der Waals surface area contributed by atoms with Crippen molar-refractivity contribution in [3.8, 4) is 0 Å². The molecule has 2 N–H and O–H groups in total. The van der Waals surface area contributed by atoms with Gasteiger partial charge in [-0.3, -0.25) is 19.4 Å². The molecular formula is C22H27ClN4O2. The zero-order valence-corrected chi connectivity index (χ0v) is 17.4. The monoisotopic (exact) mass is 414 g/mol. The zero-order valence-electron chi connectivity index (χ0n) is 16.6. The summed E-state index contributed by atoms with van der Waals surface area (Å²) < 4.78 is 0. The SMILES string of the molecule is C[C@@H](C(=O)NCc1ccccc1)N1CCN(CC(=O)Nc2ccccc2Cl)CC1. The molecule has 0 spiro atoms. The average molecular weight is 415 g/mol. The summed E-state index contributed by atoms with van der Waals surface area (Å²) in [6.07, 6.45) is 0. The fourth-order valence-corrected chi connectivity index (χ4v) is 3.55. The van der Waals surface area contributed by atoms with Crippen molar-refractivity contribution in [2.75, 3.05) is 38.0 Å². The third kappa shape index (κ3) is 6.29. The molecule has 154 valence electrons. The second-order valence-electron chi connectivity index (χ2n) is 7.22. The number of piperazine rings is 1. The minimum atomic E-state index is -0.196. The van der Waals surface area contributed by atoms with Gasteiger partial charge in [0.2, 0.25) is 11.8 Å². The highest BCUT2D eigenvalue weighted by molar-refractivity contribution is 6.33. The Morgan fingerprint density at radius 3 is 2.34 bits per heavy atom. The van der Waals surface area contributed by atoms with Gasteiger partial charge in [0.1, 0.15) is 0 Å². The number of nitrogens with one attached hydrogen (secondary N) is 2. The molecule has 1 heterocycles. The Balaban J connectivity index is 1.40. The van der Waals surface area contributed by atoms with E-state index in [1.165, 1.54) is 0 Å². The van der Waals surface area contributed by atoms with Crippen LogP contribution < -0.4 is 10.6 Å². The molecule has 0 unspecified atom stereocenters. The molecule has 0 aliphatic carbocycles. The summed E-state index contributed by atoms with van der Waals surface area (Å²) in [7, 11) is 0. The number of amides is 2. The van der Waals surface area contributed by atoms with E-state index in [0.717, 1.165) is 31.7 Å². The summed E-state index contributed by atoms with van der Waals surface area (Å²) >= 11 is 6.09. The quantitative estimate of drug-likeness (QED) is 0.731. The molecule has 1 aliphatic heterocycles. The van der Waals surface area contributed by atoms with Gasteiger partial charge in [-0.15, -0.1) is 0 Å².